The van der Waals surface area contributed by atoms with Crippen LogP contribution in [0.3, 0.4) is 0 Å². The number of hydrogen-bond donors (Lipinski definition) is 2. The molecule has 0 fully saturated rings. The molecule has 0 radical (unpaired) electrons. The maximum atomic E-state index is 12.9. The Bertz CT molecular complexity index is 779. The zero-order valence-corrected chi connectivity index (χ0v) is 10.3. The third-order valence-corrected chi connectivity index (χ3v) is 2.86. The summed E-state index contributed by atoms with van der Waals surface area (Å²) < 4.78 is 27.1. The number of aromatic amines is 1. The van der Waals surface area contributed by atoms with E-state index in [9.17, 15) is 13.4 Å². The summed E-state index contributed by atoms with van der Waals surface area (Å²) in [6.07, 6.45) is 1.37. The molecule has 0 aliphatic carbocycles. The van der Waals surface area contributed by atoms with Crippen LogP contribution in [0.5, 0.6) is 0 Å². The number of nitrogen functional groups attached to an aromatic ring is 1. The lowest BCUT2D eigenvalue weighted by atomic mass is 9.81. The Labute approximate surface area is 108 Å². The standard InChI is InChI=1S/C12H12BF2N3O/c1-7-17-11(12(19)18(7)2)5-8-3-4-9(16)6-10(8)13(14)15/h3-6,17H,1,16H2,2H3/b11-5-. The topological polar surface area (TPSA) is 63.8 Å². The lowest BCUT2D eigenvalue weighted by Crippen LogP contribution is -2.30. The predicted octanol–water partition coefficient (Wildman–Crippen LogP) is -0.831. The van der Waals surface area contributed by atoms with Gasteiger partial charge in [0.25, 0.3) is 5.56 Å². The summed E-state index contributed by atoms with van der Waals surface area (Å²) >= 11 is 0. The van der Waals surface area contributed by atoms with Gasteiger partial charge in [0.2, 0.25) is 0 Å². The van der Waals surface area contributed by atoms with Gasteiger partial charge >= 0.3 is 7.27 Å². The minimum Gasteiger partial charge on any atom is -0.399 e. The number of halogens is 2. The summed E-state index contributed by atoms with van der Waals surface area (Å²) in [6.45, 7) is 3.63. The number of anilines is 1. The second-order valence-corrected chi connectivity index (χ2v) is 4.18. The van der Waals surface area contributed by atoms with Gasteiger partial charge in [-0.2, -0.15) is 0 Å². The third-order valence-electron chi connectivity index (χ3n) is 2.86. The number of nitrogens with zero attached hydrogens (tertiary/aromatic N) is 1. The summed E-state index contributed by atoms with van der Waals surface area (Å²) in [7, 11) is -1.11. The number of rotatable bonds is 2. The Balaban J connectivity index is 2.70. The van der Waals surface area contributed by atoms with E-state index in [0.29, 0.717) is 5.48 Å². The van der Waals surface area contributed by atoms with Gasteiger partial charge in [-0.1, -0.05) is 12.6 Å². The van der Waals surface area contributed by atoms with Gasteiger partial charge in [-0.25, -0.2) is 0 Å². The number of aromatic nitrogens is 2. The van der Waals surface area contributed by atoms with E-state index in [1.807, 2.05) is 0 Å². The highest BCUT2D eigenvalue weighted by molar-refractivity contribution is 6.61. The Kier molecular flexibility index (Phi) is 3.29. The molecule has 2 aromatic rings. The van der Waals surface area contributed by atoms with Crippen molar-refractivity contribution in [3.8, 4) is 0 Å². The van der Waals surface area contributed by atoms with Crippen LogP contribution in [-0.4, -0.2) is 16.8 Å². The molecule has 1 heterocycles. The molecule has 19 heavy (non-hydrogen) atoms. The van der Waals surface area contributed by atoms with Crippen LogP contribution in [0.25, 0.3) is 12.7 Å². The Morgan fingerprint density at radius 2 is 2.16 bits per heavy atom. The van der Waals surface area contributed by atoms with E-state index in [2.05, 4.69) is 11.6 Å². The summed E-state index contributed by atoms with van der Waals surface area (Å²) in [5.74, 6) is 0. The molecular weight excluding hydrogens is 251 g/mol. The molecule has 0 aliphatic rings. The number of nitrogens with one attached hydrogen (secondary N) is 1. The molecule has 0 saturated heterocycles. The summed E-state index contributed by atoms with van der Waals surface area (Å²) in [5.41, 5.74) is 5.88. The number of hydrogen-bond acceptors (Lipinski definition) is 2. The monoisotopic (exact) mass is 263 g/mol. The first-order valence-corrected chi connectivity index (χ1v) is 5.53. The van der Waals surface area contributed by atoms with Crippen molar-refractivity contribution >= 4 is 31.1 Å². The van der Waals surface area contributed by atoms with Gasteiger partial charge in [-0.15, -0.1) is 0 Å². The van der Waals surface area contributed by atoms with Gasteiger partial charge in [-0.05, 0) is 23.8 Å². The van der Waals surface area contributed by atoms with Gasteiger partial charge in [0.15, 0.2) is 0 Å². The Morgan fingerprint density at radius 1 is 1.47 bits per heavy atom. The van der Waals surface area contributed by atoms with Crippen LogP contribution in [0.2, 0.25) is 0 Å². The molecular formula is C12H12BF2N3O. The molecule has 1 aromatic heterocycles. The molecule has 0 unspecified atom stereocenters. The molecule has 0 bridgehead atoms. The average Bonchev–Trinajstić information content (AvgIpc) is 2.59. The van der Waals surface area contributed by atoms with Crippen molar-refractivity contribution in [2.45, 2.75) is 0 Å². The molecule has 1 aromatic carbocycles. The summed E-state index contributed by atoms with van der Waals surface area (Å²) in [5, 5.41) is 0.208. The van der Waals surface area contributed by atoms with Crippen LogP contribution in [0, 0.1) is 0 Å². The zero-order chi connectivity index (χ0) is 14.2. The molecule has 98 valence electrons. The summed E-state index contributed by atoms with van der Waals surface area (Å²) in [4.78, 5) is 14.5. The van der Waals surface area contributed by atoms with Gasteiger partial charge < -0.3 is 10.7 Å². The molecule has 0 saturated carbocycles. The van der Waals surface area contributed by atoms with Crippen molar-refractivity contribution in [2.75, 3.05) is 5.73 Å². The predicted molar refractivity (Wildman–Crippen MR) is 72.8 cm³/mol. The Morgan fingerprint density at radius 3 is 2.68 bits per heavy atom. The lowest BCUT2D eigenvalue weighted by molar-refractivity contribution is 0.685. The first-order chi connectivity index (χ1) is 8.90. The van der Waals surface area contributed by atoms with Crippen molar-refractivity contribution < 1.29 is 8.63 Å². The highest BCUT2D eigenvalue weighted by atomic mass is 19.2. The van der Waals surface area contributed by atoms with Crippen molar-refractivity contribution in [3.63, 3.8) is 0 Å². The van der Waals surface area contributed by atoms with Crippen LogP contribution < -0.4 is 27.6 Å². The zero-order valence-electron chi connectivity index (χ0n) is 10.3. The quantitative estimate of drug-likeness (QED) is 0.548. The van der Waals surface area contributed by atoms with Crippen LogP contribution >= 0.6 is 0 Å². The normalized spacial score (nSPS) is 11.8. The Hall–Kier alpha value is -2.31. The number of nitrogens with two attached hydrogens (primary N) is 1. The van der Waals surface area contributed by atoms with Gasteiger partial charge in [0.1, 0.15) is 10.8 Å². The van der Waals surface area contributed by atoms with Crippen molar-refractivity contribution in [3.05, 3.63) is 44.9 Å². The molecule has 0 amide bonds. The molecule has 7 heteroatoms. The van der Waals surface area contributed by atoms with E-state index in [1.165, 1.54) is 28.8 Å². The fraction of sp³-hybridized carbons (Fsp3) is 0.0833. The highest BCUT2D eigenvalue weighted by Gasteiger charge is 2.19. The number of H-pyrrole nitrogens is 1. The SMILES string of the molecule is C=c1[nH]/c(=C\c2ccc(N)cc2B(F)F)c(=O)n1C. The van der Waals surface area contributed by atoms with E-state index in [1.54, 1.807) is 7.05 Å². The molecule has 4 nitrogen and oxygen atoms in total. The third kappa shape index (κ3) is 2.45. The van der Waals surface area contributed by atoms with Crippen LogP contribution in [-0.2, 0) is 7.05 Å². The van der Waals surface area contributed by atoms with E-state index in [-0.39, 0.29) is 27.6 Å². The minimum atomic E-state index is -2.66. The highest BCUT2D eigenvalue weighted by Crippen LogP contribution is 2.06. The van der Waals surface area contributed by atoms with Gasteiger partial charge in [0.05, 0.1) is 0 Å². The molecule has 0 aliphatic heterocycles. The second kappa shape index (κ2) is 4.76. The largest absolute Gasteiger partial charge is 0.572 e. The van der Waals surface area contributed by atoms with E-state index >= 15 is 0 Å². The second-order valence-electron chi connectivity index (χ2n) is 4.18. The molecule has 0 atom stereocenters. The van der Waals surface area contributed by atoms with Crippen molar-refractivity contribution in [1.82, 2.24) is 9.55 Å². The number of imidazole rings is 1. The fourth-order valence-corrected chi connectivity index (χ4v) is 1.76. The number of benzene rings is 1. The van der Waals surface area contributed by atoms with Crippen LogP contribution in [0.15, 0.2) is 23.0 Å². The van der Waals surface area contributed by atoms with Gasteiger partial charge in [0, 0.05) is 18.2 Å². The molecule has 2 rings (SSSR count). The molecule has 0 spiro atoms. The first-order valence-electron chi connectivity index (χ1n) is 5.53. The van der Waals surface area contributed by atoms with Crippen LogP contribution in [0.4, 0.5) is 14.3 Å². The maximum Gasteiger partial charge on any atom is 0.572 e. The smallest absolute Gasteiger partial charge is 0.399 e. The van der Waals surface area contributed by atoms with Gasteiger partial charge in [-0.3, -0.25) is 18.0 Å². The minimum absolute atomic E-state index is 0.206. The molecule has 3 N–H and O–H groups in total. The first kappa shape index (κ1) is 13.1. The fourth-order valence-electron chi connectivity index (χ4n) is 1.76. The van der Waals surface area contributed by atoms with Crippen molar-refractivity contribution in [1.29, 1.82) is 0 Å². The lowest BCUT2D eigenvalue weighted by Gasteiger charge is -2.03. The summed E-state index contributed by atoms with van der Waals surface area (Å²) in [6, 6.07) is 4.17. The van der Waals surface area contributed by atoms with Crippen LogP contribution in [0.1, 0.15) is 5.56 Å². The van der Waals surface area contributed by atoms with E-state index in [4.69, 9.17) is 5.73 Å². The van der Waals surface area contributed by atoms with E-state index < -0.39 is 7.27 Å². The maximum absolute atomic E-state index is 12.9. The average molecular weight is 263 g/mol. The van der Waals surface area contributed by atoms with E-state index in [0.717, 1.165) is 0 Å². The van der Waals surface area contributed by atoms with Crippen molar-refractivity contribution in [2.24, 2.45) is 7.05 Å².